The van der Waals surface area contributed by atoms with Crippen LogP contribution in [0.5, 0.6) is 0 Å². The van der Waals surface area contributed by atoms with E-state index in [9.17, 15) is 9.59 Å². The van der Waals surface area contributed by atoms with E-state index in [0.717, 1.165) is 57.4 Å². The van der Waals surface area contributed by atoms with Crippen molar-refractivity contribution in [2.75, 3.05) is 19.6 Å². The summed E-state index contributed by atoms with van der Waals surface area (Å²) >= 11 is 0. The Balaban J connectivity index is 1.30. The van der Waals surface area contributed by atoms with Crippen molar-refractivity contribution in [3.8, 4) is 0 Å². The molecule has 7 heteroatoms. The molecule has 1 aromatic heterocycles. The molecule has 0 bridgehead atoms. The van der Waals surface area contributed by atoms with Gasteiger partial charge in [0, 0.05) is 37.2 Å². The van der Waals surface area contributed by atoms with E-state index >= 15 is 0 Å². The molecule has 2 N–H and O–H groups in total. The molecule has 2 aliphatic heterocycles. The number of nitrogens with zero attached hydrogens (tertiary/aromatic N) is 2. The highest BCUT2D eigenvalue weighted by molar-refractivity contribution is 5.92. The number of rotatable bonds is 4. The van der Waals surface area contributed by atoms with Crippen LogP contribution < -0.4 is 10.6 Å². The van der Waals surface area contributed by atoms with E-state index in [2.05, 4.69) is 22.7 Å². The lowest BCUT2D eigenvalue weighted by molar-refractivity contribution is -0.139. The fourth-order valence-electron chi connectivity index (χ4n) is 4.14. The van der Waals surface area contributed by atoms with Crippen LogP contribution in [0.25, 0.3) is 0 Å². The fourth-order valence-corrected chi connectivity index (χ4v) is 4.14. The summed E-state index contributed by atoms with van der Waals surface area (Å²) in [7, 11) is 0. The van der Waals surface area contributed by atoms with Gasteiger partial charge in [-0.05, 0) is 52.0 Å². The molecule has 0 spiro atoms. The SMILES string of the molecule is C[C@@H]1CC(NC(=O)c2cc(C3CC3)on2)CCN1C(=O)C1CCCNC1. The van der Waals surface area contributed by atoms with Crippen molar-refractivity contribution in [3.05, 3.63) is 17.5 Å². The lowest BCUT2D eigenvalue weighted by atomic mass is 9.93. The van der Waals surface area contributed by atoms with Gasteiger partial charge < -0.3 is 20.1 Å². The molecule has 3 aliphatic rings. The number of aromatic nitrogens is 1. The van der Waals surface area contributed by atoms with Gasteiger partial charge in [0.1, 0.15) is 5.76 Å². The molecule has 1 aliphatic carbocycles. The second-order valence-corrected chi connectivity index (χ2v) is 8.01. The number of carbonyl (C=O) groups excluding carboxylic acids is 2. The topological polar surface area (TPSA) is 87.5 Å². The molecule has 2 saturated heterocycles. The first-order valence-corrected chi connectivity index (χ1v) is 9.90. The van der Waals surface area contributed by atoms with Crippen LogP contribution >= 0.6 is 0 Å². The van der Waals surface area contributed by atoms with Crippen molar-refractivity contribution in [1.82, 2.24) is 20.7 Å². The van der Waals surface area contributed by atoms with Crippen LogP contribution in [-0.4, -0.2) is 53.6 Å². The minimum atomic E-state index is -0.172. The van der Waals surface area contributed by atoms with Crippen LogP contribution in [0, 0.1) is 5.92 Å². The third kappa shape index (κ3) is 3.77. The van der Waals surface area contributed by atoms with Gasteiger partial charge in [0.25, 0.3) is 5.91 Å². The molecule has 26 heavy (non-hydrogen) atoms. The largest absolute Gasteiger partial charge is 0.360 e. The molecule has 142 valence electrons. The van der Waals surface area contributed by atoms with Gasteiger partial charge in [-0.3, -0.25) is 9.59 Å². The maximum Gasteiger partial charge on any atom is 0.273 e. The van der Waals surface area contributed by atoms with E-state index in [1.807, 2.05) is 4.90 Å². The minimum absolute atomic E-state index is 0.0760. The lowest BCUT2D eigenvalue weighted by Crippen LogP contribution is -2.53. The zero-order valence-electron chi connectivity index (χ0n) is 15.4. The summed E-state index contributed by atoms with van der Waals surface area (Å²) < 4.78 is 5.27. The Morgan fingerprint density at radius 3 is 2.85 bits per heavy atom. The number of nitrogens with one attached hydrogen (secondary N) is 2. The zero-order chi connectivity index (χ0) is 18.1. The Morgan fingerprint density at radius 1 is 1.31 bits per heavy atom. The van der Waals surface area contributed by atoms with Crippen LogP contribution in [0.15, 0.2) is 10.6 Å². The Labute approximate surface area is 153 Å². The molecule has 0 radical (unpaired) electrons. The first-order chi connectivity index (χ1) is 12.6. The number of piperidine rings is 2. The van der Waals surface area contributed by atoms with Gasteiger partial charge in [0.15, 0.2) is 5.69 Å². The average Bonchev–Trinajstić information content (AvgIpc) is 3.38. The van der Waals surface area contributed by atoms with E-state index in [4.69, 9.17) is 4.52 Å². The molecule has 0 aromatic carbocycles. The number of likely N-dealkylation sites (tertiary alicyclic amines) is 1. The predicted octanol–water partition coefficient (Wildman–Crippen LogP) is 1.66. The second kappa shape index (κ2) is 7.39. The maximum atomic E-state index is 12.8. The highest BCUT2D eigenvalue weighted by atomic mass is 16.5. The van der Waals surface area contributed by atoms with Gasteiger partial charge in [-0.1, -0.05) is 5.16 Å². The summed E-state index contributed by atoms with van der Waals surface area (Å²) in [4.78, 5) is 27.2. The zero-order valence-corrected chi connectivity index (χ0v) is 15.4. The quantitative estimate of drug-likeness (QED) is 0.853. The van der Waals surface area contributed by atoms with Crippen LogP contribution in [-0.2, 0) is 4.79 Å². The molecule has 3 atom stereocenters. The summed E-state index contributed by atoms with van der Waals surface area (Å²) in [5.74, 6) is 1.47. The van der Waals surface area contributed by atoms with E-state index in [1.165, 1.54) is 0 Å². The van der Waals surface area contributed by atoms with Crippen molar-refractivity contribution in [3.63, 3.8) is 0 Å². The summed E-state index contributed by atoms with van der Waals surface area (Å²) in [6.45, 7) is 4.58. The maximum absolute atomic E-state index is 12.8. The normalized spacial score (nSPS) is 29.4. The van der Waals surface area contributed by atoms with E-state index < -0.39 is 0 Å². The van der Waals surface area contributed by atoms with Gasteiger partial charge in [-0.15, -0.1) is 0 Å². The van der Waals surface area contributed by atoms with Crippen molar-refractivity contribution < 1.29 is 14.1 Å². The predicted molar refractivity (Wildman–Crippen MR) is 95.7 cm³/mol. The highest BCUT2D eigenvalue weighted by Gasteiger charge is 2.34. The van der Waals surface area contributed by atoms with E-state index in [1.54, 1.807) is 6.07 Å². The van der Waals surface area contributed by atoms with Crippen molar-refractivity contribution in [1.29, 1.82) is 0 Å². The molecule has 7 nitrogen and oxygen atoms in total. The van der Waals surface area contributed by atoms with Gasteiger partial charge in [-0.25, -0.2) is 0 Å². The molecular formula is C19H28N4O3. The fraction of sp³-hybridized carbons (Fsp3) is 0.737. The van der Waals surface area contributed by atoms with Gasteiger partial charge in [-0.2, -0.15) is 0 Å². The summed E-state index contributed by atoms with van der Waals surface area (Å²) in [5.41, 5.74) is 0.367. The monoisotopic (exact) mass is 360 g/mol. The Hall–Kier alpha value is -1.89. The number of hydrogen-bond acceptors (Lipinski definition) is 5. The minimum Gasteiger partial charge on any atom is -0.360 e. The first kappa shape index (κ1) is 17.5. The third-order valence-electron chi connectivity index (χ3n) is 5.88. The molecule has 1 saturated carbocycles. The average molecular weight is 360 g/mol. The van der Waals surface area contributed by atoms with Crippen LogP contribution in [0.2, 0.25) is 0 Å². The first-order valence-electron chi connectivity index (χ1n) is 9.90. The van der Waals surface area contributed by atoms with E-state index in [-0.39, 0.29) is 29.8 Å². The van der Waals surface area contributed by atoms with Crippen molar-refractivity contribution in [2.24, 2.45) is 5.92 Å². The van der Waals surface area contributed by atoms with E-state index in [0.29, 0.717) is 18.2 Å². The Bertz CT molecular complexity index is 663. The number of hydrogen-bond donors (Lipinski definition) is 2. The summed E-state index contributed by atoms with van der Waals surface area (Å²) in [5, 5.41) is 10.3. The Kier molecular flexibility index (Phi) is 4.98. The van der Waals surface area contributed by atoms with Crippen LogP contribution in [0.1, 0.15) is 67.6 Å². The second-order valence-electron chi connectivity index (χ2n) is 8.01. The molecule has 3 heterocycles. The Morgan fingerprint density at radius 2 is 2.15 bits per heavy atom. The lowest BCUT2D eigenvalue weighted by Gasteiger charge is -2.40. The number of carbonyl (C=O) groups is 2. The standard InChI is InChI=1S/C19H28N4O3/c1-12-9-15(6-8-23(12)19(25)14-3-2-7-20-11-14)21-18(24)16-10-17(26-22-16)13-4-5-13/h10,12-15,20H,2-9,11H2,1H3,(H,21,24)/t12-,14?,15?/m1/s1. The summed E-state index contributed by atoms with van der Waals surface area (Å²) in [6.07, 6.45) is 5.86. The van der Waals surface area contributed by atoms with Gasteiger partial charge in [0.05, 0.1) is 5.92 Å². The van der Waals surface area contributed by atoms with Gasteiger partial charge in [0.2, 0.25) is 5.91 Å². The van der Waals surface area contributed by atoms with Gasteiger partial charge >= 0.3 is 0 Å². The third-order valence-corrected chi connectivity index (χ3v) is 5.88. The molecule has 2 unspecified atom stereocenters. The molecular weight excluding hydrogens is 332 g/mol. The molecule has 1 aromatic rings. The summed E-state index contributed by atoms with van der Waals surface area (Å²) in [6, 6.07) is 1.99. The van der Waals surface area contributed by atoms with Crippen molar-refractivity contribution >= 4 is 11.8 Å². The molecule has 2 amide bonds. The molecule has 4 rings (SSSR count). The smallest absolute Gasteiger partial charge is 0.273 e. The highest BCUT2D eigenvalue weighted by Crippen LogP contribution is 2.40. The number of amides is 2. The van der Waals surface area contributed by atoms with Crippen molar-refractivity contribution in [2.45, 2.75) is 63.5 Å². The molecule has 3 fully saturated rings. The van der Waals surface area contributed by atoms with Crippen LogP contribution in [0.4, 0.5) is 0 Å². The van der Waals surface area contributed by atoms with Crippen LogP contribution in [0.3, 0.4) is 0 Å².